The molecule has 0 fully saturated rings. The van der Waals surface area contributed by atoms with Crippen LogP contribution in [0.3, 0.4) is 0 Å². The summed E-state index contributed by atoms with van der Waals surface area (Å²) >= 11 is 15.4. The van der Waals surface area contributed by atoms with Crippen molar-refractivity contribution in [3.05, 3.63) is 38.5 Å². The Morgan fingerprint density at radius 2 is 1.85 bits per heavy atom. The Morgan fingerprint density at radius 3 is 2.50 bits per heavy atom. The third kappa shape index (κ3) is 2.41. The van der Waals surface area contributed by atoms with Crippen LogP contribution in [0.25, 0.3) is 11.4 Å². The quantitative estimate of drug-likeness (QED) is 0.665. The highest BCUT2D eigenvalue weighted by Gasteiger charge is 2.32. The van der Waals surface area contributed by atoms with Crippen LogP contribution in [0, 0.1) is 0 Å². The van der Waals surface area contributed by atoms with Crippen molar-refractivity contribution in [2.75, 3.05) is 0 Å². The van der Waals surface area contributed by atoms with Gasteiger partial charge in [-0.25, -0.2) is 9.97 Å². The first-order valence-corrected chi connectivity index (χ1v) is 7.62. The summed E-state index contributed by atoms with van der Waals surface area (Å²) in [6.07, 6.45) is 0.855. The first-order valence-electron chi connectivity index (χ1n) is 6.07. The summed E-state index contributed by atoms with van der Waals surface area (Å²) in [6, 6.07) is 5.93. The normalized spacial score (nSPS) is 15.8. The molecule has 104 valence electrons. The fourth-order valence-electron chi connectivity index (χ4n) is 2.31. The number of hydrogen-bond acceptors (Lipinski definition) is 3. The minimum absolute atomic E-state index is 0.221. The van der Waals surface area contributed by atoms with Gasteiger partial charge in [0, 0.05) is 6.42 Å². The van der Waals surface area contributed by atoms with Crippen molar-refractivity contribution in [1.82, 2.24) is 9.97 Å². The van der Waals surface area contributed by atoms with Crippen LogP contribution in [0.5, 0.6) is 5.75 Å². The molecule has 1 aromatic carbocycles. The summed E-state index contributed by atoms with van der Waals surface area (Å²) in [5, 5.41) is 0.574. The molecule has 3 nitrogen and oxygen atoms in total. The molecule has 0 amide bonds. The monoisotopic (exact) mass is 372 g/mol. The van der Waals surface area contributed by atoms with Crippen molar-refractivity contribution in [3.8, 4) is 17.1 Å². The number of ether oxygens (including phenoxy) is 1. The summed E-state index contributed by atoms with van der Waals surface area (Å²) in [4.78, 5) is 8.54. The lowest BCUT2D eigenvalue weighted by Gasteiger charge is -2.18. The Balaban J connectivity index is 2.16. The van der Waals surface area contributed by atoms with E-state index in [0.717, 1.165) is 23.3 Å². The highest BCUT2D eigenvalue weighted by molar-refractivity contribution is 9.10. The largest absolute Gasteiger partial charge is 0.486 e. The van der Waals surface area contributed by atoms with Crippen LogP contribution in [-0.4, -0.2) is 15.6 Å². The summed E-state index contributed by atoms with van der Waals surface area (Å²) in [5.41, 5.74) is 1.73. The third-order valence-electron chi connectivity index (χ3n) is 3.10. The van der Waals surface area contributed by atoms with Gasteiger partial charge in [-0.05, 0) is 41.4 Å². The number of aromatic nitrogens is 2. The maximum atomic E-state index is 6.05. The van der Waals surface area contributed by atoms with Gasteiger partial charge in [0.25, 0.3) is 0 Å². The lowest BCUT2D eigenvalue weighted by atomic mass is 10.0. The van der Waals surface area contributed by atoms with Crippen LogP contribution in [-0.2, 0) is 6.42 Å². The molecule has 2 aromatic rings. The molecule has 20 heavy (non-hydrogen) atoms. The molecule has 0 saturated carbocycles. The molecular formula is C14H11BrCl2N2O. The number of rotatable bonds is 1. The first-order chi connectivity index (χ1) is 9.37. The molecule has 0 bridgehead atoms. The smallest absolute Gasteiger partial charge is 0.166 e. The van der Waals surface area contributed by atoms with Gasteiger partial charge in [0.15, 0.2) is 5.82 Å². The Kier molecular flexibility index (Phi) is 3.43. The number of hydrogen-bond donors (Lipinski definition) is 0. The third-order valence-corrected chi connectivity index (χ3v) is 4.86. The molecule has 0 radical (unpaired) electrons. The minimum atomic E-state index is -0.221. The van der Waals surface area contributed by atoms with Gasteiger partial charge in [0.1, 0.15) is 21.7 Å². The average molecular weight is 374 g/mol. The molecular weight excluding hydrogens is 363 g/mol. The van der Waals surface area contributed by atoms with Crippen LogP contribution in [0.2, 0.25) is 10.3 Å². The van der Waals surface area contributed by atoms with Crippen LogP contribution in [0.1, 0.15) is 19.4 Å². The van der Waals surface area contributed by atoms with E-state index < -0.39 is 0 Å². The standard InChI is InChI=1S/C14H11BrCl2N2O/c1-14(2)6-7-4-3-5-8(10(7)20-14)13-18-11(16)9(15)12(17)19-13/h3-5H,6H2,1-2H3. The second kappa shape index (κ2) is 4.86. The van der Waals surface area contributed by atoms with Crippen LogP contribution < -0.4 is 4.74 Å². The van der Waals surface area contributed by atoms with E-state index in [2.05, 4.69) is 45.8 Å². The zero-order valence-electron chi connectivity index (χ0n) is 10.9. The van der Waals surface area contributed by atoms with E-state index in [1.54, 1.807) is 0 Å². The summed E-state index contributed by atoms with van der Waals surface area (Å²) in [7, 11) is 0. The van der Waals surface area contributed by atoms with Gasteiger partial charge in [0.2, 0.25) is 0 Å². The Hall–Kier alpha value is -0.840. The van der Waals surface area contributed by atoms with Gasteiger partial charge in [0.05, 0.1) is 10.0 Å². The average Bonchev–Trinajstić information content (AvgIpc) is 2.68. The Morgan fingerprint density at radius 1 is 1.20 bits per heavy atom. The fraction of sp³-hybridized carbons (Fsp3) is 0.286. The number of para-hydroxylation sites is 1. The Labute approximate surface area is 135 Å². The molecule has 2 heterocycles. The number of benzene rings is 1. The molecule has 0 aliphatic carbocycles. The van der Waals surface area contributed by atoms with E-state index in [9.17, 15) is 0 Å². The number of halogens is 3. The lowest BCUT2D eigenvalue weighted by molar-refractivity contribution is 0.139. The van der Waals surface area contributed by atoms with E-state index in [-0.39, 0.29) is 15.9 Å². The summed E-state index contributed by atoms with van der Waals surface area (Å²) in [5.74, 6) is 1.28. The zero-order chi connectivity index (χ0) is 14.5. The van der Waals surface area contributed by atoms with Crippen molar-refractivity contribution in [1.29, 1.82) is 0 Å². The summed E-state index contributed by atoms with van der Waals surface area (Å²) in [6.45, 7) is 4.11. The highest BCUT2D eigenvalue weighted by Crippen LogP contribution is 2.42. The minimum Gasteiger partial charge on any atom is -0.486 e. The molecule has 0 unspecified atom stereocenters. The molecule has 1 aliphatic heterocycles. The van der Waals surface area contributed by atoms with E-state index in [1.807, 2.05) is 12.1 Å². The van der Waals surface area contributed by atoms with E-state index in [0.29, 0.717) is 10.3 Å². The highest BCUT2D eigenvalue weighted by atomic mass is 79.9. The molecule has 0 N–H and O–H groups in total. The second-order valence-electron chi connectivity index (χ2n) is 5.28. The maximum absolute atomic E-state index is 6.05. The summed E-state index contributed by atoms with van der Waals surface area (Å²) < 4.78 is 6.51. The molecule has 1 aliphatic rings. The van der Waals surface area contributed by atoms with Gasteiger partial charge in [-0.15, -0.1) is 0 Å². The fourth-order valence-corrected chi connectivity index (χ4v) is 2.87. The van der Waals surface area contributed by atoms with Gasteiger partial charge in [-0.3, -0.25) is 0 Å². The molecule has 3 rings (SSSR count). The lowest BCUT2D eigenvalue weighted by Crippen LogP contribution is -2.24. The van der Waals surface area contributed by atoms with E-state index in [1.165, 1.54) is 0 Å². The van der Waals surface area contributed by atoms with Crippen molar-refractivity contribution in [2.24, 2.45) is 0 Å². The number of fused-ring (bicyclic) bond motifs is 1. The van der Waals surface area contributed by atoms with Gasteiger partial charge in [-0.1, -0.05) is 35.3 Å². The van der Waals surface area contributed by atoms with E-state index >= 15 is 0 Å². The van der Waals surface area contributed by atoms with Gasteiger partial charge >= 0.3 is 0 Å². The molecule has 0 atom stereocenters. The van der Waals surface area contributed by atoms with Crippen molar-refractivity contribution in [2.45, 2.75) is 25.9 Å². The van der Waals surface area contributed by atoms with Crippen LogP contribution in [0.15, 0.2) is 22.7 Å². The van der Waals surface area contributed by atoms with Crippen molar-refractivity contribution in [3.63, 3.8) is 0 Å². The maximum Gasteiger partial charge on any atom is 0.166 e. The molecule has 1 aromatic heterocycles. The SMILES string of the molecule is CC1(C)Cc2cccc(-c3nc(Cl)c(Br)c(Cl)n3)c2O1. The van der Waals surface area contributed by atoms with E-state index in [4.69, 9.17) is 27.9 Å². The van der Waals surface area contributed by atoms with Crippen molar-refractivity contribution < 1.29 is 4.74 Å². The molecule has 0 saturated heterocycles. The van der Waals surface area contributed by atoms with Crippen molar-refractivity contribution >= 4 is 39.1 Å². The molecule has 0 spiro atoms. The van der Waals surface area contributed by atoms with Gasteiger partial charge in [-0.2, -0.15) is 0 Å². The van der Waals surface area contributed by atoms with Gasteiger partial charge < -0.3 is 4.74 Å². The molecule has 6 heteroatoms. The number of nitrogens with zero attached hydrogens (tertiary/aromatic N) is 2. The predicted octanol–water partition coefficient (Wildman–Crippen LogP) is 4.93. The van der Waals surface area contributed by atoms with Crippen LogP contribution >= 0.6 is 39.1 Å². The Bertz CT molecular complexity index is 681. The van der Waals surface area contributed by atoms with Crippen LogP contribution in [0.4, 0.5) is 0 Å². The zero-order valence-corrected chi connectivity index (χ0v) is 14.0. The first kappa shape index (κ1) is 14.1. The predicted molar refractivity (Wildman–Crippen MR) is 83.6 cm³/mol. The second-order valence-corrected chi connectivity index (χ2v) is 6.78. The topological polar surface area (TPSA) is 35.0 Å².